The molecule has 0 aliphatic rings. The number of aliphatic carboxylic acids is 1. The highest BCUT2D eigenvalue weighted by molar-refractivity contribution is 7.12. The number of hydrogen-bond acceptors (Lipinski definition) is 5. The van der Waals surface area contributed by atoms with Crippen LogP contribution >= 0.6 is 11.3 Å². The molecule has 2 aromatic rings. The molecule has 2 rings (SSSR count). The fourth-order valence-electron chi connectivity index (χ4n) is 1.58. The molecule has 2 aromatic heterocycles. The number of amides is 1. The van der Waals surface area contributed by atoms with Crippen LogP contribution in [-0.2, 0) is 4.79 Å². The third-order valence-electron chi connectivity index (χ3n) is 2.50. The van der Waals surface area contributed by atoms with E-state index in [-0.39, 0.29) is 5.91 Å². The van der Waals surface area contributed by atoms with Gasteiger partial charge in [-0.25, -0.2) is 9.78 Å². The van der Waals surface area contributed by atoms with Crippen molar-refractivity contribution in [3.05, 3.63) is 46.3 Å². The van der Waals surface area contributed by atoms with Crippen molar-refractivity contribution in [3.8, 4) is 5.75 Å². The lowest BCUT2D eigenvalue weighted by Crippen LogP contribution is -2.12. The van der Waals surface area contributed by atoms with E-state index in [1.807, 2.05) is 0 Å². The van der Waals surface area contributed by atoms with Crippen molar-refractivity contribution in [1.82, 2.24) is 4.98 Å². The minimum absolute atomic E-state index is 0.325. The van der Waals surface area contributed by atoms with Gasteiger partial charge in [0.1, 0.15) is 16.4 Å². The quantitative estimate of drug-likeness (QED) is 0.829. The van der Waals surface area contributed by atoms with Crippen LogP contribution in [0, 0.1) is 0 Å². The molecular weight excluding hydrogens is 292 g/mol. The lowest BCUT2D eigenvalue weighted by atomic mass is 10.2. The fraction of sp³-hybridized carbons (Fsp3) is 0.0714. The number of hydrogen-bond donors (Lipinski definition) is 2. The summed E-state index contributed by atoms with van der Waals surface area (Å²) in [4.78, 5) is 27.0. The maximum absolute atomic E-state index is 12.1. The Morgan fingerprint density at radius 1 is 1.43 bits per heavy atom. The number of carbonyl (C=O) groups excluding carboxylic acids is 1. The maximum atomic E-state index is 12.1. The van der Waals surface area contributed by atoms with Crippen LogP contribution in [0.5, 0.6) is 5.75 Å². The first kappa shape index (κ1) is 14.7. The number of ether oxygens (including phenoxy) is 1. The van der Waals surface area contributed by atoms with Gasteiger partial charge in [-0.3, -0.25) is 4.79 Å². The monoisotopic (exact) mass is 304 g/mol. The summed E-state index contributed by atoms with van der Waals surface area (Å²) in [6, 6.07) is 4.93. The van der Waals surface area contributed by atoms with Crippen molar-refractivity contribution >= 4 is 35.1 Å². The first-order valence-corrected chi connectivity index (χ1v) is 6.78. The topological polar surface area (TPSA) is 88.5 Å². The highest BCUT2D eigenvalue weighted by atomic mass is 32.1. The van der Waals surface area contributed by atoms with E-state index in [1.165, 1.54) is 30.7 Å². The summed E-state index contributed by atoms with van der Waals surface area (Å²) in [6.07, 6.45) is 3.93. The Hall–Kier alpha value is -2.67. The molecule has 2 N–H and O–H groups in total. The molecule has 108 valence electrons. The number of nitrogens with zero attached hydrogens (tertiary/aromatic N) is 1. The summed E-state index contributed by atoms with van der Waals surface area (Å²) in [5.41, 5.74) is 0.626. The van der Waals surface area contributed by atoms with Gasteiger partial charge in [-0.1, -0.05) is 0 Å². The molecule has 0 fully saturated rings. The van der Waals surface area contributed by atoms with Gasteiger partial charge in [-0.2, -0.15) is 0 Å². The van der Waals surface area contributed by atoms with Crippen LogP contribution < -0.4 is 10.1 Å². The molecule has 1 amide bonds. The highest BCUT2D eigenvalue weighted by Crippen LogP contribution is 2.25. The van der Waals surface area contributed by atoms with Crippen LogP contribution in [0.1, 0.15) is 15.2 Å². The van der Waals surface area contributed by atoms with Crippen LogP contribution in [0.4, 0.5) is 5.82 Å². The molecule has 0 spiro atoms. The second kappa shape index (κ2) is 6.67. The molecule has 0 saturated heterocycles. The number of carbonyl (C=O) groups is 2. The van der Waals surface area contributed by atoms with Gasteiger partial charge in [-0.15, -0.1) is 11.3 Å². The highest BCUT2D eigenvalue weighted by Gasteiger charge is 2.14. The second-order valence-corrected chi connectivity index (χ2v) is 4.83. The molecule has 0 bridgehead atoms. The lowest BCUT2D eigenvalue weighted by Gasteiger charge is -2.05. The van der Waals surface area contributed by atoms with Crippen LogP contribution in [-0.4, -0.2) is 29.1 Å². The van der Waals surface area contributed by atoms with Crippen molar-refractivity contribution in [2.24, 2.45) is 0 Å². The first-order valence-electron chi connectivity index (χ1n) is 5.90. The summed E-state index contributed by atoms with van der Waals surface area (Å²) in [5.74, 6) is -0.531. The van der Waals surface area contributed by atoms with E-state index in [0.29, 0.717) is 22.0 Å². The Kier molecular flexibility index (Phi) is 4.68. The zero-order valence-corrected chi connectivity index (χ0v) is 11.9. The normalized spacial score (nSPS) is 10.5. The summed E-state index contributed by atoms with van der Waals surface area (Å²) in [5, 5.41) is 13.0. The summed E-state index contributed by atoms with van der Waals surface area (Å²) >= 11 is 1.26. The summed E-state index contributed by atoms with van der Waals surface area (Å²) < 4.78 is 5.09. The summed E-state index contributed by atoms with van der Waals surface area (Å²) in [6.45, 7) is 0. The average Bonchev–Trinajstić information content (AvgIpc) is 2.94. The van der Waals surface area contributed by atoms with Gasteiger partial charge < -0.3 is 15.2 Å². The Morgan fingerprint density at radius 2 is 2.24 bits per heavy atom. The van der Waals surface area contributed by atoms with Crippen LogP contribution in [0.15, 0.2) is 35.9 Å². The maximum Gasteiger partial charge on any atom is 0.328 e. The van der Waals surface area contributed by atoms with Crippen molar-refractivity contribution in [2.45, 2.75) is 0 Å². The largest absolute Gasteiger partial charge is 0.495 e. The molecule has 21 heavy (non-hydrogen) atoms. The number of methoxy groups -OCH3 is 1. The molecule has 0 unspecified atom stereocenters. The van der Waals surface area contributed by atoms with E-state index in [9.17, 15) is 9.59 Å². The van der Waals surface area contributed by atoms with Crippen molar-refractivity contribution in [2.75, 3.05) is 12.4 Å². The van der Waals surface area contributed by atoms with Crippen LogP contribution in [0.2, 0.25) is 0 Å². The number of carboxylic acids is 1. The number of carboxylic acid groups (broad SMARTS) is 1. The Bertz CT molecular complexity index is 694. The van der Waals surface area contributed by atoms with Gasteiger partial charge in [0, 0.05) is 12.3 Å². The molecule has 0 radical (unpaired) electrons. The first-order chi connectivity index (χ1) is 10.1. The smallest absolute Gasteiger partial charge is 0.328 e. The SMILES string of the molecule is COc1ccsc1C(=O)Nc1cc(/C=C/C(=O)O)ccn1. The van der Waals surface area contributed by atoms with E-state index < -0.39 is 5.97 Å². The summed E-state index contributed by atoms with van der Waals surface area (Å²) in [7, 11) is 1.49. The van der Waals surface area contributed by atoms with Gasteiger partial charge in [0.05, 0.1) is 7.11 Å². The van der Waals surface area contributed by atoms with E-state index >= 15 is 0 Å². The zero-order chi connectivity index (χ0) is 15.2. The minimum atomic E-state index is -1.04. The Morgan fingerprint density at radius 3 is 2.95 bits per heavy atom. The molecule has 0 aliphatic heterocycles. The number of thiophene rings is 1. The molecule has 6 nitrogen and oxygen atoms in total. The van der Waals surface area contributed by atoms with Gasteiger partial charge in [0.2, 0.25) is 0 Å². The minimum Gasteiger partial charge on any atom is -0.495 e. The van der Waals surface area contributed by atoms with Gasteiger partial charge >= 0.3 is 5.97 Å². The zero-order valence-electron chi connectivity index (χ0n) is 11.1. The average molecular weight is 304 g/mol. The number of nitrogens with one attached hydrogen (secondary N) is 1. The molecule has 7 heteroatoms. The Balaban J connectivity index is 2.14. The Labute approximate surface area is 124 Å². The van der Waals surface area contributed by atoms with Crippen molar-refractivity contribution < 1.29 is 19.4 Å². The number of aromatic nitrogens is 1. The molecule has 0 aliphatic carbocycles. The molecule has 0 aromatic carbocycles. The third-order valence-corrected chi connectivity index (χ3v) is 3.39. The number of pyridine rings is 1. The van der Waals surface area contributed by atoms with E-state index in [1.54, 1.807) is 23.6 Å². The number of rotatable bonds is 5. The predicted molar refractivity (Wildman–Crippen MR) is 79.7 cm³/mol. The lowest BCUT2D eigenvalue weighted by molar-refractivity contribution is -0.131. The van der Waals surface area contributed by atoms with Gasteiger partial charge in [0.25, 0.3) is 5.91 Å². The predicted octanol–water partition coefficient (Wildman–Crippen LogP) is 2.50. The van der Waals surface area contributed by atoms with Gasteiger partial charge in [0.15, 0.2) is 0 Å². The van der Waals surface area contributed by atoms with Gasteiger partial charge in [-0.05, 0) is 35.2 Å². The second-order valence-electron chi connectivity index (χ2n) is 3.92. The van der Waals surface area contributed by atoms with Crippen molar-refractivity contribution in [1.29, 1.82) is 0 Å². The van der Waals surface area contributed by atoms with E-state index in [2.05, 4.69) is 10.3 Å². The third kappa shape index (κ3) is 3.90. The van der Waals surface area contributed by atoms with E-state index in [0.717, 1.165) is 6.08 Å². The van der Waals surface area contributed by atoms with Crippen LogP contribution in [0.3, 0.4) is 0 Å². The molecular formula is C14H12N2O4S. The fourth-order valence-corrected chi connectivity index (χ4v) is 2.34. The van der Waals surface area contributed by atoms with Crippen LogP contribution in [0.25, 0.3) is 6.08 Å². The number of anilines is 1. The molecule has 0 atom stereocenters. The molecule has 0 saturated carbocycles. The molecule has 2 heterocycles. The van der Waals surface area contributed by atoms with E-state index in [4.69, 9.17) is 9.84 Å². The standard InChI is InChI=1S/C14H12N2O4S/c1-20-10-5-7-21-13(10)14(19)16-11-8-9(4-6-15-11)2-3-12(17)18/h2-8H,1H3,(H,17,18)(H,15,16,19)/b3-2+. The van der Waals surface area contributed by atoms with Crippen molar-refractivity contribution in [3.63, 3.8) is 0 Å².